The lowest BCUT2D eigenvalue weighted by atomic mass is 10.1. The fraction of sp³-hybridized carbons (Fsp3) is 0.667. The molecule has 80 valence electrons. The number of rotatable bonds is 1. The summed E-state index contributed by atoms with van der Waals surface area (Å²) < 4.78 is -0.554. The molecule has 1 N–H and O–H groups in total. The van der Waals surface area contributed by atoms with E-state index >= 15 is 0 Å². The molecule has 0 spiro atoms. The standard InChI is InChI=1S/C6H7Cl3N2O2S/c1-5(2)3(12)10-4(13)11(5)14-6(7,8)9/h1-2H3,(H,10,12,13). The second-order valence-corrected chi connectivity index (χ2v) is 7.26. The summed E-state index contributed by atoms with van der Waals surface area (Å²) in [7, 11) is 0. The molecule has 8 heteroatoms. The lowest BCUT2D eigenvalue weighted by Gasteiger charge is -2.28. The zero-order valence-electron chi connectivity index (χ0n) is 7.31. The number of carbonyl (C=O) groups excluding carboxylic acids is 2. The van der Waals surface area contributed by atoms with Gasteiger partial charge in [-0.1, -0.05) is 34.8 Å². The predicted octanol–water partition coefficient (Wildman–Crippen LogP) is 2.29. The van der Waals surface area contributed by atoms with Crippen molar-refractivity contribution in [1.82, 2.24) is 9.62 Å². The Hall–Kier alpha value is 0.160. The maximum Gasteiger partial charge on any atom is 0.335 e. The largest absolute Gasteiger partial charge is 0.335 e. The van der Waals surface area contributed by atoms with Crippen LogP contribution in [0.3, 0.4) is 0 Å². The summed E-state index contributed by atoms with van der Waals surface area (Å²) in [5.41, 5.74) is -1.01. The van der Waals surface area contributed by atoms with Crippen molar-refractivity contribution in [2.75, 3.05) is 0 Å². The molecule has 1 aliphatic rings. The van der Waals surface area contributed by atoms with Crippen LogP contribution in [-0.2, 0) is 4.79 Å². The molecule has 3 amide bonds. The molecule has 0 aromatic rings. The molecule has 0 aromatic heterocycles. The van der Waals surface area contributed by atoms with Gasteiger partial charge in [0.05, 0.1) is 0 Å². The third kappa shape index (κ3) is 2.39. The van der Waals surface area contributed by atoms with Crippen molar-refractivity contribution in [2.45, 2.75) is 22.5 Å². The van der Waals surface area contributed by atoms with E-state index in [1.165, 1.54) is 0 Å². The van der Waals surface area contributed by atoms with Gasteiger partial charge in [0, 0.05) is 11.9 Å². The highest BCUT2D eigenvalue weighted by molar-refractivity contribution is 8.03. The number of urea groups is 1. The Labute approximate surface area is 100 Å². The Morgan fingerprint density at radius 2 is 1.86 bits per heavy atom. The van der Waals surface area contributed by atoms with Gasteiger partial charge in [-0.2, -0.15) is 0 Å². The number of carbonyl (C=O) groups is 2. The minimum absolute atomic E-state index is 0.413. The van der Waals surface area contributed by atoms with Gasteiger partial charge in [0.1, 0.15) is 5.54 Å². The lowest BCUT2D eigenvalue weighted by molar-refractivity contribution is -0.123. The van der Waals surface area contributed by atoms with E-state index in [1.807, 2.05) is 0 Å². The molecule has 0 bridgehead atoms. The maximum atomic E-state index is 11.3. The summed E-state index contributed by atoms with van der Waals surface area (Å²) in [6, 6.07) is -0.573. The fourth-order valence-electron chi connectivity index (χ4n) is 0.906. The molecule has 1 rings (SSSR count). The Morgan fingerprint density at radius 1 is 1.36 bits per heavy atom. The van der Waals surface area contributed by atoms with Crippen molar-refractivity contribution in [1.29, 1.82) is 0 Å². The number of hydrogen-bond donors (Lipinski definition) is 1. The van der Waals surface area contributed by atoms with E-state index in [4.69, 9.17) is 34.8 Å². The van der Waals surface area contributed by atoms with Crippen LogP contribution in [0.4, 0.5) is 4.79 Å². The molecule has 1 aliphatic heterocycles. The van der Waals surface area contributed by atoms with Crippen LogP contribution in [0, 0.1) is 0 Å². The second-order valence-electron chi connectivity index (χ2n) is 3.15. The smallest absolute Gasteiger partial charge is 0.275 e. The summed E-state index contributed by atoms with van der Waals surface area (Å²) in [5, 5.41) is 2.13. The van der Waals surface area contributed by atoms with E-state index < -0.39 is 20.6 Å². The zero-order chi connectivity index (χ0) is 11.1. The van der Waals surface area contributed by atoms with Crippen molar-refractivity contribution in [3.8, 4) is 0 Å². The summed E-state index contributed by atoms with van der Waals surface area (Å²) >= 11 is 17.2. The molecule has 1 fully saturated rings. The molecule has 1 heterocycles. The van der Waals surface area contributed by atoms with Crippen molar-refractivity contribution in [3.63, 3.8) is 0 Å². The first-order valence-electron chi connectivity index (χ1n) is 3.56. The SMILES string of the molecule is CC1(C)C(=O)NC(=O)N1SC(Cl)(Cl)Cl. The highest BCUT2D eigenvalue weighted by Crippen LogP contribution is 2.44. The monoisotopic (exact) mass is 276 g/mol. The van der Waals surface area contributed by atoms with Gasteiger partial charge in [-0.05, 0) is 13.8 Å². The van der Waals surface area contributed by atoms with E-state index in [0.717, 1.165) is 4.31 Å². The zero-order valence-corrected chi connectivity index (χ0v) is 10.4. The molecule has 1 saturated heterocycles. The van der Waals surface area contributed by atoms with E-state index in [2.05, 4.69) is 5.32 Å². The first-order valence-corrected chi connectivity index (χ1v) is 5.47. The molecule has 4 nitrogen and oxygen atoms in total. The van der Waals surface area contributed by atoms with Crippen molar-refractivity contribution >= 4 is 58.7 Å². The third-order valence-electron chi connectivity index (χ3n) is 1.66. The van der Waals surface area contributed by atoms with Gasteiger partial charge in [0.15, 0.2) is 0 Å². The van der Waals surface area contributed by atoms with Crippen LogP contribution in [0.5, 0.6) is 0 Å². The quantitative estimate of drug-likeness (QED) is 0.454. The molecule has 0 radical (unpaired) electrons. The van der Waals surface area contributed by atoms with Gasteiger partial charge >= 0.3 is 6.03 Å². The van der Waals surface area contributed by atoms with E-state index in [1.54, 1.807) is 13.8 Å². The van der Waals surface area contributed by atoms with Gasteiger partial charge in [-0.15, -0.1) is 0 Å². The number of halogens is 3. The Kier molecular flexibility index (Phi) is 3.17. The van der Waals surface area contributed by atoms with Crippen LogP contribution in [0.25, 0.3) is 0 Å². The minimum Gasteiger partial charge on any atom is -0.275 e. The maximum absolute atomic E-state index is 11.3. The molecular formula is C6H7Cl3N2O2S. The molecule has 0 saturated carbocycles. The normalized spacial score (nSPS) is 21.4. The van der Waals surface area contributed by atoms with Crippen LogP contribution in [0.2, 0.25) is 0 Å². The second kappa shape index (κ2) is 3.63. The summed E-state index contributed by atoms with van der Waals surface area (Å²) in [5.74, 6) is -0.413. The van der Waals surface area contributed by atoms with Crippen molar-refractivity contribution in [3.05, 3.63) is 0 Å². The van der Waals surface area contributed by atoms with E-state index in [-0.39, 0.29) is 0 Å². The predicted molar refractivity (Wildman–Crippen MR) is 57.3 cm³/mol. The molecule has 0 aromatic carbocycles. The lowest BCUT2D eigenvalue weighted by Crippen LogP contribution is -2.41. The van der Waals surface area contributed by atoms with E-state index in [0.29, 0.717) is 11.9 Å². The first kappa shape index (κ1) is 12.2. The number of alkyl halides is 3. The van der Waals surface area contributed by atoms with E-state index in [9.17, 15) is 9.59 Å². The average molecular weight is 278 g/mol. The summed E-state index contributed by atoms with van der Waals surface area (Å²) in [4.78, 5) is 22.6. The van der Waals surface area contributed by atoms with Crippen molar-refractivity contribution in [2.24, 2.45) is 0 Å². The molecule has 0 aliphatic carbocycles. The third-order valence-corrected chi connectivity index (χ3v) is 3.30. The van der Waals surface area contributed by atoms with Crippen LogP contribution >= 0.6 is 46.8 Å². The van der Waals surface area contributed by atoms with Crippen LogP contribution in [0.15, 0.2) is 0 Å². The molecule has 14 heavy (non-hydrogen) atoms. The van der Waals surface area contributed by atoms with Crippen LogP contribution < -0.4 is 5.32 Å². The highest BCUT2D eigenvalue weighted by atomic mass is 35.6. The minimum atomic E-state index is -1.67. The van der Waals surface area contributed by atoms with Crippen molar-refractivity contribution < 1.29 is 9.59 Å². The average Bonchev–Trinajstić information content (AvgIpc) is 2.11. The number of amides is 3. The molecule has 0 atom stereocenters. The Morgan fingerprint density at radius 3 is 2.14 bits per heavy atom. The van der Waals surface area contributed by atoms with Gasteiger partial charge in [0.2, 0.25) is 0 Å². The summed E-state index contributed by atoms with van der Waals surface area (Å²) in [6.45, 7) is 3.13. The molecule has 0 unspecified atom stereocenters. The number of nitrogens with one attached hydrogen (secondary N) is 1. The Bertz CT molecular complexity index is 289. The number of nitrogens with zero attached hydrogens (tertiary/aromatic N) is 1. The van der Waals surface area contributed by atoms with Crippen LogP contribution in [0.1, 0.15) is 13.8 Å². The van der Waals surface area contributed by atoms with Crippen LogP contribution in [-0.4, -0.2) is 24.9 Å². The first-order chi connectivity index (χ1) is 6.14. The Balaban J connectivity index is 2.88. The number of hydrogen-bond acceptors (Lipinski definition) is 3. The van der Waals surface area contributed by atoms with Gasteiger partial charge in [0.25, 0.3) is 9.03 Å². The number of imide groups is 1. The highest BCUT2D eigenvalue weighted by Gasteiger charge is 2.49. The topological polar surface area (TPSA) is 49.4 Å². The fourth-order valence-corrected chi connectivity index (χ4v) is 2.17. The van der Waals surface area contributed by atoms with Gasteiger partial charge < -0.3 is 0 Å². The van der Waals surface area contributed by atoms with Gasteiger partial charge in [-0.3, -0.25) is 10.1 Å². The van der Waals surface area contributed by atoms with Gasteiger partial charge in [-0.25, -0.2) is 9.10 Å². The molecular weight excluding hydrogens is 271 g/mol. The summed E-state index contributed by atoms with van der Waals surface area (Å²) in [6.07, 6.45) is 0.